The fourth-order valence-corrected chi connectivity index (χ4v) is 2.55. The van der Waals surface area contributed by atoms with Crippen LogP contribution in [-0.2, 0) is 4.43 Å². The van der Waals surface area contributed by atoms with Crippen LogP contribution < -0.4 is 0 Å². The van der Waals surface area contributed by atoms with Gasteiger partial charge in [0, 0.05) is 6.61 Å². The topological polar surface area (TPSA) is 9.23 Å². The zero-order valence-electron chi connectivity index (χ0n) is 11.8. The Bertz CT molecular complexity index is 126. The van der Waals surface area contributed by atoms with Crippen molar-refractivity contribution < 1.29 is 4.43 Å². The lowest BCUT2D eigenvalue weighted by Gasteiger charge is -2.06. The van der Waals surface area contributed by atoms with E-state index in [1.807, 2.05) is 0 Å². The molecule has 0 saturated carbocycles. The van der Waals surface area contributed by atoms with Gasteiger partial charge in [-0.15, -0.1) is 0 Å². The Morgan fingerprint density at radius 1 is 0.688 bits per heavy atom. The number of hydrogen-bond donors (Lipinski definition) is 0. The van der Waals surface area contributed by atoms with Crippen molar-refractivity contribution in [1.82, 2.24) is 0 Å². The van der Waals surface area contributed by atoms with E-state index in [1.165, 1.54) is 64.2 Å². The standard InChI is InChI=1S/C14H32OSi/c1-4-5-6-7-8-9-10-11-12-13-14-15-16(2)3/h16H,4-14H2,1-3H3. The summed E-state index contributed by atoms with van der Waals surface area (Å²) in [6.45, 7) is 7.79. The predicted octanol–water partition coefficient (Wildman–Crippen LogP) is 4.91. The summed E-state index contributed by atoms with van der Waals surface area (Å²) in [6, 6.07) is 0. The average Bonchev–Trinajstić information content (AvgIpc) is 2.25. The van der Waals surface area contributed by atoms with Crippen LogP contribution in [0, 0.1) is 0 Å². The zero-order chi connectivity index (χ0) is 12.1. The van der Waals surface area contributed by atoms with Crippen LogP contribution >= 0.6 is 0 Å². The van der Waals surface area contributed by atoms with Gasteiger partial charge >= 0.3 is 0 Å². The summed E-state index contributed by atoms with van der Waals surface area (Å²) in [5.74, 6) is 0. The first kappa shape index (κ1) is 16.2. The normalized spacial score (nSPS) is 11.2. The van der Waals surface area contributed by atoms with E-state index in [2.05, 4.69) is 20.0 Å². The molecule has 0 spiro atoms. The molecular formula is C14H32OSi. The molecule has 98 valence electrons. The third-order valence-electron chi connectivity index (χ3n) is 2.95. The SMILES string of the molecule is CCCCCCCCCCCCO[SiH](C)C. The Morgan fingerprint density at radius 2 is 1.12 bits per heavy atom. The largest absolute Gasteiger partial charge is 0.421 e. The summed E-state index contributed by atoms with van der Waals surface area (Å²) in [6.07, 6.45) is 14.1. The molecule has 16 heavy (non-hydrogen) atoms. The maximum absolute atomic E-state index is 5.65. The fourth-order valence-electron chi connectivity index (χ4n) is 1.91. The number of unbranched alkanes of at least 4 members (excludes halogenated alkanes) is 9. The molecule has 0 bridgehead atoms. The van der Waals surface area contributed by atoms with E-state index in [-0.39, 0.29) is 0 Å². The van der Waals surface area contributed by atoms with Gasteiger partial charge < -0.3 is 4.43 Å². The smallest absolute Gasteiger partial charge is 0.170 e. The maximum Gasteiger partial charge on any atom is 0.170 e. The van der Waals surface area contributed by atoms with Crippen LogP contribution in [0.4, 0.5) is 0 Å². The van der Waals surface area contributed by atoms with Gasteiger partial charge in [-0.3, -0.25) is 0 Å². The zero-order valence-corrected chi connectivity index (χ0v) is 12.9. The van der Waals surface area contributed by atoms with Crippen molar-refractivity contribution in [2.45, 2.75) is 84.2 Å². The summed E-state index contributed by atoms with van der Waals surface area (Å²) in [4.78, 5) is 0. The summed E-state index contributed by atoms with van der Waals surface area (Å²) in [5.41, 5.74) is 0. The molecule has 2 heteroatoms. The number of rotatable bonds is 12. The van der Waals surface area contributed by atoms with Crippen molar-refractivity contribution in [1.29, 1.82) is 0 Å². The quantitative estimate of drug-likeness (QED) is 0.350. The van der Waals surface area contributed by atoms with Crippen LogP contribution in [0.1, 0.15) is 71.1 Å². The van der Waals surface area contributed by atoms with Crippen LogP contribution in [0.15, 0.2) is 0 Å². The van der Waals surface area contributed by atoms with Gasteiger partial charge in [0.2, 0.25) is 0 Å². The highest BCUT2D eigenvalue weighted by atomic mass is 28.3. The molecule has 0 atom stereocenters. The lowest BCUT2D eigenvalue weighted by Crippen LogP contribution is -2.08. The molecule has 0 aliphatic carbocycles. The Kier molecular flexibility index (Phi) is 13.4. The van der Waals surface area contributed by atoms with Gasteiger partial charge in [0.25, 0.3) is 0 Å². The Balaban J connectivity index is 2.88. The van der Waals surface area contributed by atoms with Gasteiger partial charge in [-0.1, -0.05) is 64.7 Å². The highest BCUT2D eigenvalue weighted by Crippen LogP contribution is 2.10. The van der Waals surface area contributed by atoms with Gasteiger partial charge in [-0.2, -0.15) is 0 Å². The first-order valence-corrected chi connectivity index (χ1v) is 10.2. The van der Waals surface area contributed by atoms with E-state index in [1.54, 1.807) is 0 Å². The van der Waals surface area contributed by atoms with E-state index in [9.17, 15) is 0 Å². The van der Waals surface area contributed by atoms with Gasteiger partial charge in [-0.05, 0) is 19.5 Å². The molecular weight excluding hydrogens is 212 g/mol. The van der Waals surface area contributed by atoms with Crippen molar-refractivity contribution >= 4 is 9.04 Å². The first-order chi connectivity index (χ1) is 7.77. The molecule has 0 radical (unpaired) electrons. The highest BCUT2D eigenvalue weighted by molar-refractivity contribution is 6.48. The van der Waals surface area contributed by atoms with Crippen molar-refractivity contribution in [2.75, 3.05) is 6.61 Å². The summed E-state index contributed by atoms with van der Waals surface area (Å²) in [5, 5.41) is 0. The minimum Gasteiger partial charge on any atom is -0.421 e. The molecule has 0 aliphatic heterocycles. The average molecular weight is 244 g/mol. The monoisotopic (exact) mass is 244 g/mol. The van der Waals surface area contributed by atoms with Crippen LogP contribution in [0.2, 0.25) is 13.1 Å². The second kappa shape index (κ2) is 13.2. The molecule has 0 N–H and O–H groups in total. The second-order valence-electron chi connectivity index (χ2n) is 5.10. The molecule has 0 fully saturated rings. The molecule has 0 saturated heterocycles. The molecule has 0 aromatic carbocycles. The van der Waals surface area contributed by atoms with Crippen molar-refractivity contribution in [3.8, 4) is 0 Å². The second-order valence-corrected chi connectivity index (χ2v) is 7.53. The van der Waals surface area contributed by atoms with Gasteiger partial charge in [-0.25, -0.2) is 0 Å². The predicted molar refractivity (Wildman–Crippen MR) is 76.7 cm³/mol. The van der Waals surface area contributed by atoms with Gasteiger partial charge in [0.1, 0.15) is 0 Å². The van der Waals surface area contributed by atoms with E-state index in [0.717, 1.165) is 6.61 Å². The molecule has 0 rings (SSSR count). The van der Waals surface area contributed by atoms with E-state index in [0.29, 0.717) is 0 Å². The third-order valence-corrected chi connectivity index (χ3v) is 3.85. The Hall–Kier alpha value is 0.177. The number of hydrogen-bond acceptors (Lipinski definition) is 1. The molecule has 0 aromatic rings. The Morgan fingerprint density at radius 3 is 1.56 bits per heavy atom. The van der Waals surface area contributed by atoms with Crippen molar-refractivity contribution in [3.63, 3.8) is 0 Å². The highest BCUT2D eigenvalue weighted by Gasteiger charge is 1.95. The van der Waals surface area contributed by atoms with Crippen LogP contribution in [0.5, 0.6) is 0 Å². The molecule has 0 aromatic heterocycles. The molecule has 0 amide bonds. The third kappa shape index (κ3) is 14.2. The van der Waals surface area contributed by atoms with Crippen LogP contribution in [0.3, 0.4) is 0 Å². The van der Waals surface area contributed by atoms with Gasteiger partial charge in [0.15, 0.2) is 9.04 Å². The summed E-state index contributed by atoms with van der Waals surface area (Å²) in [7, 11) is -0.752. The molecule has 0 aliphatic rings. The maximum atomic E-state index is 5.65. The first-order valence-electron chi connectivity index (χ1n) is 7.39. The van der Waals surface area contributed by atoms with Crippen LogP contribution in [0.25, 0.3) is 0 Å². The van der Waals surface area contributed by atoms with Gasteiger partial charge in [0.05, 0.1) is 0 Å². The van der Waals surface area contributed by atoms with Crippen LogP contribution in [-0.4, -0.2) is 15.6 Å². The summed E-state index contributed by atoms with van der Waals surface area (Å²) >= 11 is 0. The Labute approximate surface area is 105 Å². The van der Waals surface area contributed by atoms with Crippen molar-refractivity contribution in [3.05, 3.63) is 0 Å². The molecule has 1 nitrogen and oxygen atoms in total. The summed E-state index contributed by atoms with van der Waals surface area (Å²) < 4.78 is 5.65. The minimum atomic E-state index is -0.752. The lowest BCUT2D eigenvalue weighted by atomic mass is 10.1. The lowest BCUT2D eigenvalue weighted by molar-refractivity contribution is 0.311. The van der Waals surface area contributed by atoms with Crippen molar-refractivity contribution in [2.24, 2.45) is 0 Å². The molecule has 0 heterocycles. The van der Waals surface area contributed by atoms with E-state index < -0.39 is 9.04 Å². The molecule has 0 unspecified atom stereocenters. The van der Waals surface area contributed by atoms with E-state index in [4.69, 9.17) is 4.43 Å². The fraction of sp³-hybridized carbons (Fsp3) is 1.00. The minimum absolute atomic E-state index is 0.752. The van der Waals surface area contributed by atoms with E-state index >= 15 is 0 Å².